The molecule has 0 heterocycles. The number of ether oxygens (including phenoxy) is 3. The fourth-order valence-corrected chi connectivity index (χ4v) is 3.47. The number of halogens is 1. The maximum atomic E-state index is 12.8. The van der Waals surface area contributed by atoms with Crippen LogP contribution in [0.2, 0.25) is 0 Å². The lowest BCUT2D eigenvalue weighted by Gasteiger charge is -2.24. The van der Waals surface area contributed by atoms with Crippen molar-refractivity contribution < 1.29 is 28.6 Å². The Bertz CT molecular complexity index is 865. The molecule has 1 saturated carbocycles. The minimum absolute atomic E-state index is 0.140. The third-order valence-corrected chi connectivity index (χ3v) is 5.68. The van der Waals surface area contributed by atoms with Gasteiger partial charge in [-0.25, -0.2) is 0 Å². The van der Waals surface area contributed by atoms with Crippen LogP contribution in [0, 0.1) is 12.8 Å². The van der Waals surface area contributed by atoms with Gasteiger partial charge in [-0.05, 0) is 77.6 Å². The number of hydrogen-bond acceptors (Lipinski definition) is 7. The maximum Gasteiger partial charge on any atom is 0.325 e. The van der Waals surface area contributed by atoms with Crippen LogP contribution in [0.25, 0.3) is 0 Å². The summed E-state index contributed by atoms with van der Waals surface area (Å²) < 4.78 is 16.4. The molecular formula is C23H30BrNO6. The van der Waals surface area contributed by atoms with E-state index in [9.17, 15) is 14.4 Å². The van der Waals surface area contributed by atoms with Gasteiger partial charge in [0.05, 0.1) is 24.3 Å². The van der Waals surface area contributed by atoms with Crippen molar-refractivity contribution in [1.29, 1.82) is 0 Å². The van der Waals surface area contributed by atoms with Gasteiger partial charge < -0.3 is 14.2 Å². The molecule has 0 bridgehead atoms. The Balaban J connectivity index is 2.39. The van der Waals surface area contributed by atoms with E-state index < -0.39 is 28.9 Å². The normalized spacial score (nSPS) is 15.1. The van der Waals surface area contributed by atoms with Crippen LogP contribution >= 0.6 is 15.9 Å². The molecule has 1 aliphatic rings. The smallest absolute Gasteiger partial charge is 0.325 e. The molecule has 1 aromatic rings. The van der Waals surface area contributed by atoms with Crippen molar-refractivity contribution in [3.63, 3.8) is 0 Å². The molecular weight excluding hydrogens is 466 g/mol. The maximum absolute atomic E-state index is 12.8. The minimum atomic E-state index is -1.26. The number of benzene rings is 1. The molecule has 8 heteroatoms. The van der Waals surface area contributed by atoms with Crippen LogP contribution in [0.15, 0.2) is 21.6 Å². The molecule has 1 aromatic carbocycles. The Kier molecular flexibility index (Phi) is 8.03. The van der Waals surface area contributed by atoms with Crippen LogP contribution in [0.5, 0.6) is 0 Å². The Hall–Kier alpha value is -2.22. The summed E-state index contributed by atoms with van der Waals surface area (Å²) in [6.45, 7) is 11.0. The lowest BCUT2D eigenvalue weighted by molar-refractivity contribution is -0.159. The van der Waals surface area contributed by atoms with Gasteiger partial charge in [0.2, 0.25) is 0 Å². The van der Waals surface area contributed by atoms with Crippen LogP contribution in [0.4, 0.5) is 5.69 Å². The highest BCUT2D eigenvalue weighted by Gasteiger charge is 2.54. The molecule has 0 N–H and O–H groups in total. The highest BCUT2D eigenvalue weighted by atomic mass is 79.9. The topological polar surface area (TPSA) is 91.3 Å². The summed E-state index contributed by atoms with van der Waals surface area (Å²) in [7, 11) is 0. The number of carbonyl (C=O) groups excluding carboxylic acids is 3. The van der Waals surface area contributed by atoms with Gasteiger partial charge >= 0.3 is 17.9 Å². The first kappa shape index (κ1) is 25.0. The zero-order chi connectivity index (χ0) is 23.4. The Morgan fingerprint density at radius 2 is 1.68 bits per heavy atom. The summed E-state index contributed by atoms with van der Waals surface area (Å²) in [5.74, 6) is -2.96. The molecule has 7 nitrogen and oxygen atoms in total. The van der Waals surface area contributed by atoms with E-state index in [-0.39, 0.29) is 19.2 Å². The predicted octanol–water partition coefficient (Wildman–Crippen LogP) is 4.58. The molecule has 0 atom stereocenters. The van der Waals surface area contributed by atoms with E-state index in [1.165, 1.54) is 6.21 Å². The third-order valence-electron chi connectivity index (χ3n) is 4.85. The van der Waals surface area contributed by atoms with Gasteiger partial charge in [0.25, 0.3) is 0 Å². The summed E-state index contributed by atoms with van der Waals surface area (Å²) in [5.41, 5.74) is 0.858. The third kappa shape index (κ3) is 6.15. The Morgan fingerprint density at radius 1 is 1.13 bits per heavy atom. The number of hydrogen-bond donors (Lipinski definition) is 0. The molecule has 0 radical (unpaired) electrons. The fourth-order valence-electron chi connectivity index (χ4n) is 3.02. The van der Waals surface area contributed by atoms with Crippen molar-refractivity contribution >= 4 is 45.7 Å². The molecule has 1 aliphatic carbocycles. The van der Waals surface area contributed by atoms with Crippen LogP contribution < -0.4 is 0 Å². The number of esters is 3. The Labute approximate surface area is 191 Å². The van der Waals surface area contributed by atoms with Gasteiger partial charge in [-0.2, -0.15) is 0 Å². The highest BCUT2D eigenvalue weighted by molar-refractivity contribution is 9.10. The van der Waals surface area contributed by atoms with Crippen molar-refractivity contribution in [3.05, 3.63) is 27.7 Å². The van der Waals surface area contributed by atoms with E-state index >= 15 is 0 Å². The molecule has 170 valence electrons. The average Bonchev–Trinajstić information content (AvgIpc) is 3.46. The first-order valence-electron chi connectivity index (χ1n) is 10.4. The minimum Gasteiger partial charge on any atom is -0.465 e. The lowest BCUT2D eigenvalue weighted by Crippen LogP contribution is -2.32. The van der Waals surface area contributed by atoms with Crippen LogP contribution in [0.3, 0.4) is 0 Å². The van der Waals surface area contributed by atoms with Crippen molar-refractivity contribution in [2.45, 2.75) is 65.4 Å². The molecule has 1 fully saturated rings. The number of carbonyl (C=O) groups is 3. The number of aliphatic imine (C=N–C) groups is 1. The molecule has 0 saturated heterocycles. The lowest BCUT2D eigenvalue weighted by atomic mass is 9.94. The van der Waals surface area contributed by atoms with Gasteiger partial charge in [0, 0.05) is 10.7 Å². The summed E-state index contributed by atoms with van der Waals surface area (Å²) in [5, 5.41) is 0. The molecule has 2 rings (SSSR count). The van der Waals surface area contributed by atoms with Gasteiger partial charge in [-0.3, -0.25) is 19.4 Å². The van der Waals surface area contributed by atoms with Gasteiger partial charge in [0.15, 0.2) is 5.92 Å². The summed E-state index contributed by atoms with van der Waals surface area (Å²) in [4.78, 5) is 41.7. The summed E-state index contributed by atoms with van der Waals surface area (Å²) in [6, 6.07) is 3.71. The second-order valence-electron chi connectivity index (χ2n) is 8.45. The summed E-state index contributed by atoms with van der Waals surface area (Å²) >= 11 is 3.53. The number of rotatable bonds is 8. The second kappa shape index (κ2) is 9.94. The monoisotopic (exact) mass is 495 g/mol. The number of nitrogens with zero attached hydrogens (tertiary/aromatic N) is 1. The zero-order valence-corrected chi connectivity index (χ0v) is 20.5. The molecule has 0 spiro atoms. The average molecular weight is 496 g/mol. The SMILES string of the molecule is CCOC(=O)C(C=Nc1cc(C2(C(=O)OC(C)(C)C)CC2)cc(Br)c1C)C(=O)OCC. The highest BCUT2D eigenvalue weighted by Crippen LogP contribution is 2.51. The van der Waals surface area contributed by atoms with Crippen molar-refractivity contribution in [1.82, 2.24) is 0 Å². The van der Waals surface area contributed by atoms with E-state index in [0.29, 0.717) is 18.5 Å². The molecule has 0 aromatic heterocycles. The standard InChI is InChI=1S/C23H30BrNO6/c1-7-29-19(26)16(20(27)30-8-2)13-25-18-12-15(11-17(24)14(18)3)23(9-10-23)21(28)31-22(4,5)6/h11-13,16H,7-10H2,1-6H3. The first-order chi connectivity index (χ1) is 14.4. The quantitative estimate of drug-likeness (QED) is 0.227. The van der Waals surface area contributed by atoms with Crippen molar-refractivity contribution in [2.75, 3.05) is 13.2 Å². The van der Waals surface area contributed by atoms with Crippen molar-refractivity contribution in [2.24, 2.45) is 10.9 Å². The van der Waals surface area contributed by atoms with E-state index in [1.54, 1.807) is 19.9 Å². The van der Waals surface area contributed by atoms with E-state index in [0.717, 1.165) is 15.6 Å². The zero-order valence-electron chi connectivity index (χ0n) is 18.9. The van der Waals surface area contributed by atoms with Crippen molar-refractivity contribution in [3.8, 4) is 0 Å². The molecule has 31 heavy (non-hydrogen) atoms. The Morgan fingerprint density at radius 3 is 2.13 bits per heavy atom. The van der Waals surface area contributed by atoms with Gasteiger partial charge in [-0.15, -0.1) is 0 Å². The van der Waals surface area contributed by atoms with Crippen LogP contribution in [0.1, 0.15) is 58.6 Å². The first-order valence-corrected chi connectivity index (χ1v) is 11.2. The fraction of sp³-hybridized carbons (Fsp3) is 0.565. The van der Waals surface area contributed by atoms with Gasteiger partial charge in [-0.1, -0.05) is 15.9 Å². The predicted molar refractivity (Wildman–Crippen MR) is 121 cm³/mol. The van der Waals surface area contributed by atoms with Crippen LogP contribution in [-0.2, 0) is 34.0 Å². The van der Waals surface area contributed by atoms with Gasteiger partial charge in [0.1, 0.15) is 5.60 Å². The molecule has 0 aliphatic heterocycles. The van der Waals surface area contributed by atoms with E-state index in [1.807, 2.05) is 33.8 Å². The van der Waals surface area contributed by atoms with E-state index in [4.69, 9.17) is 14.2 Å². The molecule has 0 amide bonds. The molecule has 0 unspecified atom stereocenters. The largest absolute Gasteiger partial charge is 0.465 e. The second-order valence-corrected chi connectivity index (χ2v) is 9.30. The van der Waals surface area contributed by atoms with Crippen LogP contribution in [-0.4, -0.2) is 42.9 Å². The summed E-state index contributed by atoms with van der Waals surface area (Å²) in [6.07, 6.45) is 2.62. The van der Waals surface area contributed by atoms with E-state index in [2.05, 4.69) is 20.9 Å².